The van der Waals surface area contributed by atoms with E-state index in [1.807, 2.05) is 0 Å². The standard InChI is InChI=1S/C10H6NO3/c12-9-8(10(13)14)7-4-2-1-3-6(7)5-11-9/h1-5H,(H,13,14). The van der Waals surface area contributed by atoms with Crippen LogP contribution >= 0.6 is 0 Å². The first kappa shape index (κ1) is 8.50. The number of nitrogens with zero attached hydrogens (tertiary/aromatic N) is 1. The topological polar surface area (TPSA) is 68.5 Å². The largest absolute Gasteiger partial charge is 0.477 e. The molecule has 0 atom stereocenters. The lowest BCUT2D eigenvalue weighted by Crippen LogP contribution is -2.39. The molecule has 1 aliphatic rings. The molecule has 0 aromatic heterocycles. The van der Waals surface area contributed by atoms with Crippen molar-refractivity contribution in [1.29, 1.82) is 0 Å². The maximum Gasteiger partial charge on any atom is 0.342 e. The zero-order valence-electron chi connectivity index (χ0n) is 7.10. The monoisotopic (exact) mass is 188 g/mol. The van der Waals surface area contributed by atoms with Crippen LogP contribution in [0.25, 0.3) is 11.8 Å². The number of benzene rings is 1. The molecule has 4 nitrogen and oxygen atoms in total. The Morgan fingerprint density at radius 2 is 2.00 bits per heavy atom. The second-order valence-electron chi connectivity index (χ2n) is 2.83. The lowest BCUT2D eigenvalue weighted by atomic mass is 10.1. The molecule has 1 aliphatic heterocycles. The summed E-state index contributed by atoms with van der Waals surface area (Å²) >= 11 is 0. The molecule has 0 saturated heterocycles. The van der Waals surface area contributed by atoms with Crippen LogP contribution in [0, 0.1) is 0 Å². The number of carbonyl (C=O) groups is 2. The molecular weight excluding hydrogens is 182 g/mol. The molecule has 0 spiro atoms. The Kier molecular flexibility index (Phi) is 1.81. The highest BCUT2D eigenvalue weighted by molar-refractivity contribution is 6.38. The Balaban J connectivity index is 2.92. The first-order valence-electron chi connectivity index (χ1n) is 3.98. The molecular formula is C10H6NO3. The van der Waals surface area contributed by atoms with Crippen molar-refractivity contribution in [3.05, 3.63) is 34.7 Å². The summed E-state index contributed by atoms with van der Waals surface area (Å²) < 4.78 is 0. The van der Waals surface area contributed by atoms with E-state index >= 15 is 0 Å². The zero-order valence-corrected chi connectivity index (χ0v) is 7.10. The van der Waals surface area contributed by atoms with Crippen molar-refractivity contribution in [2.45, 2.75) is 0 Å². The summed E-state index contributed by atoms with van der Waals surface area (Å²) in [5.74, 6) is -1.93. The van der Waals surface area contributed by atoms with Gasteiger partial charge in [-0.2, -0.15) is 0 Å². The van der Waals surface area contributed by atoms with E-state index in [0.717, 1.165) is 0 Å². The molecule has 14 heavy (non-hydrogen) atoms. The molecule has 1 N–H and O–H groups in total. The summed E-state index contributed by atoms with van der Waals surface area (Å²) in [6.45, 7) is 0. The lowest BCUT2D eigenvalue weighted by Gasteiger charge is -2.04. The van der Waals surface area contributed by atoms with Gasteiger partial charge in [-0.05, 0) is 0 Å². The third kappa shape index (κ3) is 1.17. The van der Waals surface area contributed by atoms with Gasteiger partial charge in [0.25, 0.3) is 5.91 Å². The fraction of sp³-hybridized carbons (Fsp3) is 0. The van der Waals surface area contributed by atoms with E-state index in [1.54, 1.807) is 24.3 Å². The molecule has 2 rings (SSSR count). The first-order chi connectivity index (χ1) is 6.70. The van der Waals surface area contributed by atoms with Crippen molar-refractivity contribution >= 4 is 23.6 Å². The van der Waals surface area contributed by atoms with Crippen molar-refractivity contribution < 1.29 is 14.7 Å². The quantitative estimate of drug-likeness (QED) is 0.602. The van der Waals surface area contributed by atoms with E-state index in [1.165, 1.54) is 6.20 Å². The summed E-state index contributed by atoms with van der Waals surface area (Å²) in [6, 6.07) is 6.77. The van der Waals surface area contributed by atoms with Gasteiger partial charge in [-0.25, -0.2) is 10.1 Å². The molecule has 0 bridgehead atoms. The van der Waals surface area contributed by atoms with E-state index in [0.29, 0.717) is 10.4 Å². The van der Waals surface area contributed by atoms with Gasteiger partial charge in [-0.1, -0.05) is 24.3 Å². The Morgan fingerprint density at radius 3 is 2.71 bits per heavy atom. The summed E-state index contributed by atoms with van der Waals surface area (Å²) in [6.07, 6.45) is 1.38. The summed E-state index contributed by atoms with van der Waals surface area (Å²) in [4.78, 5) is 22.0. The minimum atomic E-state index is -1.24. The minimum Gasteiger partial charge on any atom is -0.477 e. The summed E-state index contributed by atoms with van der Waals surface area (Å²) in [7, 11) is 0. The Hall–Kier alpha value is -2.10. The molecule has 0 fully saturated rings. The molecule has 4 heteroatoms. The first-order valence-corrected chi connectivity index (χ1v) is 3.98. The van der Waals surface area contributed by atoms with Gasteiger partial charge in [0.15, 0.2) is 0 Å². The van der Waals surface area contributed by atoms with Crippen molar-refractivity contribution in [1.82, 2.24) is 5.32 Å². The number of carboxylic acids is 1. The molecule has 0 aliphatic carbocycles. The van der Waals surface area contributed by atoms with Crippen LogP contribution in [-0.2, 0) is 9.59 Å². The molecule has 1 radical (unpaired) electrons. The fourth-order valence-electron chi connectivity index (χ4n) is 1.35. The lowest BCUT2D eigenvalue weighted by molar-refractivity contribution is -0.132. The highest BCUT2D eigenvalue weighted by Crippen LogP contribution is 1.96. The Morgan fingerprint density at radius 1 is 1.29 bits per heavy atom. The van der Waals surface area contributed by atoms with Crippen LogP contribution in [-0.4, -0.2) is 17.0 Å². The van der Waals surface area contributed by atoms with E-state index in [2.05, 4.69) is 5.32 Å². The number of hydrogen-bond donors (Lipinski definition) is 1. The van der Waals surface area contributed by atoms with Crippen LogP contribution in [0.15, 0.2) is 24.3 Å². The van der Waals surface area contributed by atoms with Crippen LogP contribution in [0.5, 0.6) is 0 Å². The molecule has 69 valence electrons. The smallest absolute Gasteiger partial charge is 0.342 e. The van der Waals surface area contributed by atoms with E-state index < -0.39 is 11.9 Å². The Labute approximate surface area is 79.2 Å². The molecule has 1 aromatic rings. The highest BCUT2D eigenvalue weighted by Gasteiger charge is 2.21. The number of carboxylic acid groups (broad SMARTS) is 1. The van der Waals surface area contributed by atoms with Gasteiger partial charge in [0.2, 0.25) is 0 Å². The third-order valence-corrected chi connectivity index (χ3v) is 1.98. The van der Waals surface area contributed by atoms with Gasteiger partial charge in [-0.3, -0.25) is 4.79 Å². The predicted octanol–water partition coefficient (Wildman–Crippen LogP) is -1.20. The molecule has 1 aromatic carbocycles. The van der Waals surface area contributed by atoms with Gasteiger partial charge in [-0.15, -0.1) is 0 Å². The maximum atomic E-state index is 11.2. The van der Waals surface area contributed by atoms with Crippen LogP contribution < -0.4 is 15.8 Å². The van der Waals surface area contributed by atoms with Crippen molar-refractivity contribution in [3.8, 4) is 0 Å². The second kappa shape index (κ2) is 2.99. The zero-order chi connectivity index (χ0) is 10.1. The van der Waals surface area contributed by atoms with Gasteiger partial charge < -0.3 is 5.11 Å². The number of fused-ring (bicyclic) bond motifs is 1. The predicted molar refractivity (Wildman–Crippen MR) is 48.3 cm³/mol. The number of carbonyl (C=O) groups excluding carboxylic acids is 1. The van der Waals surface area contributed by atoms with Crippen LogP contribution in [0.4, 0.5) is 0 Å². The number of hydrogen-bond acceptors (Lipinski definition) is 2. The molecule has 1 heterocycles. The molecule has 1 amide bonds. The average Bonchev–Trinajstić information content (AvgIpc) is 2.17. The number of aliphatic carboxylic acids is 1. The van der Waals surface area contributed by atoms with Crippen LogP contribution in [0.3, 0.4) is 0 Å². The Bertz CT molecular complexity index is 531. The fourth-order valence-corrected chi connectivity index (χ4v) is 1.35. The normalized spacial score (nSPS) is 14.0. The minimum absolute atomic E-state index is 0.261. The third-order valence-electron chi connectivity index (χ3n) is 1.98. The summed E-state index contributed by atoms with van der Waals surface area (Å²) in [5, 5.41) is 13.4. The second-order valence-corrected chi connectivity index (χ2v) is 2.83. The highest BCUT2D eigenvalue weighted by atomic mass is 16.4. The van der Waals surface area contributed by atoms with Gasteiger partial charge in [0.1, 0.15) is 5.57 Å². The average molecular weight is 188 g/mol. The van der Waals surface area contributed by atoms with E-state index in [9.17, 15) is 9.59 Å². The van der Waals surface area contributed by atoms with Crippen LogP contribution in [0.1, 0.15) is 0 Å². The molecule has 0 unspecified atom stereocenters. The van der Waals surface area contributed by atoms with Crippen LogP contribution in [0.2, 0.25) is 0 Å². The maximum absolute atomic E-state index is 11.2. The number of amides is 1. The molecule has 0 saturated carbocycles. The van der Waals surface area contributed by atoms with Gasteiger partial charge in [0.05, 0.1) is 0 Å². The van der Waals surface area contributed by atoms with E-state index in [-0.39, 0.29) is 5.57 Å². The SMILES string of the molecule is O=C(O)C1=c2ccccc2=C[N]C1=O. The van der Waals surface area contributed by atoms with Crippen molar-refractivity contribution in [3.63, 3.8) is 0 Å². The van der Waals surface area contributed by atoms with Crippen molar-refractivity contribution in [2.75, 3.05) is 0 Å². The summed E-state index contributed by atoms with van der Waals surface area (Å²) in [5.41, 5.74) is -0.261. The van der Waals surface area contributed by atoms with Gasteiger partial charge >= 0.3 is 5.97 Å². The number of rotatable bonds is 1. The van der Waals surface area contributed by atoms with Crippen molar-refractivity contribution in [2.24, 2.45) is 0 Å². The van der Waals surface area contributed by atoms with Gasteiger partial charge in [0, 0.05) is 16.6 Å². The van der Waals surface area contributed by atoms with E-state index in [4.69, 9.17) is 5.11 Å².